The summed E-state index contributed by atoms with van der Waals surface area (Å²) >= 11 is 1.49. The molecule has 6 heteroatoms. The number of rotatable bonds is 7. The summed E-state index contributed by atoms with van der Waals surface area (Å²) in [6.45, 7) is 7.80. The molecule has 1 amide bonds. The number of amides is 1. The number of aromatic nitrogens is 1. The third kappa shape index (κ3) is 4.85. The van der Waals surface area contributed by atoms with Gasteiger partial charge in [-0.15, -0.1) is 11.3 Å². The maximum absolute atomic E-state index is 12.2. The second-order valence-electron chi connectivity index (χ2n) is 6.09. The molecule has 0 saturated carbocycles. The predicted molar refractivity (Wildman–Crippen MR) is 84.1 cm³/mol. The third-order valence-corrected chi connectivity index (χ3v) is 4.29. The SMILES string of the molecule is CC(NC(=O)c1csc(CCN)n1)C(C)(C)CN(C)C. The van der Waals surface area contributed by atoms with Crippen LogP contribution in [-0.2, 0) is 6.42 Å². The van der Waals surface area contributed by atoms with Gasteiger partial charge in [0.25, 0.3) is 5.91 Å². The fourth-order valence-corrected chi connectivity index (χ4v) is 2.87. The van der Waals surface area contributed by atoms with Crippen molar-refractivity contribution in [2.24, 2.45) is 11.1 Å². The largest absolute Gasteiger partial charge is 0.348 e. The molecule has 1 aromatic rings. The number of carbonyl (C=O) groups is 1. The summed E-state index contributed by atoms with van der Waals surface area (Å²) in [5.74, 6) is -0.108. The standard InChI is InChI=1S/C14H26N4OS/c1-10(14(2,3)9-18(4)5)16-13(19)11-8-20-12(17-11)6-7-15/h8,10H,6-7,9,15H2,1-5H3,(H,16,19). The monoisotopic (exact) mass is 298 g/mol. The van der Waals surface area contributed by atoms with Crippen molar-refractivity contribution >= 4 is 17.2 Å². The van der Waals surface area contributed by atoms with Gasteiger partial charge in [0.1, 0.15) is 5.69 Å². The van der Waals surface area contributed by atoms with Crippen molar-refractivity contribution in [2.75, 3.05) is 27.2 Å². The van der Waals surface area contributed by atoms with Crippen molar-refractivity contribution in [1.29, 1.82) is 0 Å². The second kappa shape index (κ2) is 7.15. The summed E-state index contributed by atoms with van der Waals surface area (Å²) in [7, 11) is 4.08. The van der Waals surface area contributed by atoms with Gasteiger partial charge in [-0.2, -0.15) is 0 Å². The molecule has 5 nitrogen and oxygen atoms in total. The zero-order valence-corrected chi connectivity index (χ0v) is 13.9. The fraction of sp³-hybridized carbons (Fsp3) is 0.714. The van der Waals surface area contributed by atoms with Crippen LogP contribution >= 0.6 is 11.3 Å². The highest BCUT2D eigenvalue weighted by Crippen LogP contribution is 2.21. The van der Waals surface area contributed by atoms with Gasteiger partial charge >= 0.3 is 0 Å². The van der Waals surface area contributed by atoms with E-state index in [1.165, 1.54) is 11.3 Å². The van der Waals surface area contributed by atoms with Gasteiger partial charge < -0.3 is 16.0 Å². The number of nitrogens with two attached hydrogens (primary N) is 1. The van der Waals surface area contributed by atoms with Gasteiger partial charge in [0.2, 0.25) is 0 Å². The molecular formula is C14H26N4OS. The fourth-order valence-electron chi connectivity index (χ4n) is 2.07. The number of hydrogen-bond acceptors (Lipinski definition) is 5. The van der Waals surface area contributed by atoms with Crippen LogP contribution in [0.2, 0.25) is 0 Å². The quantitative estimate of drug-likeness (QED) is 0.797. The first kappa shape index (κ1) is 17.1. The Morgan fingerprint density at radius 1 is 1.55 bits per heavy atom. The van der Waals surface area contributed by atoms with Crippen LogP contribution in [0.4, 0.5) is 0 Å². The highest BCUT2D eigenvalue weighted by molar-refractivity contribution is 7.09. The van der Waals surface area contributed by atoms with Crippen LogP contribution in [-0.4, -0.2) is 49.0 Å². The minimum Gasteiger partial charge on any atom is -0.348 e. The summed E-state index contributed by atoms with van der Waals surface area (Å²) in [6, 6.07) is 0.0667. The van der Waals surface area contributed by atoms with Gasteiger partial charge in [0, 0.05) is 24.4 Å². The van der Waals surface area contributed by atoms with E-state index in [9.17, 15) is 4.79 Å². The van der Waals surface area contributed by atoms with Gasteiger partial charge in [-0.25, -0.2) is 4.98 Å². The Balaban J connectivity index is 2.64. The molecule has 0 aliphatic heterocycles. The van der Waals surface area contributed by atoms with E-state index in [0.29, 0.717) is 12.2 Å². The zero-order chi connectivity index (χ0) is 15.3. The first-order valence-electron chi connectivity index (χ1n) is 6.86. The normalized spacial score (nSPS) is 13.6. The Kier molecular flexibility index (Phi) is 6.10. The Bertz CT molecular complexity index is 442. The number of carbonyl (C=O) groups excluding carboxylic acids is 1. The van der Waals surface area contributed by atoms with E-state index >= 15 is 0 Å². The summed E-state index contributed by atoms with van der Waals surface area (Å²) in [5, 5.41) is 5.76. The lowest BCUT2D eigenvalue weighted by Crippen LogP contribution is -2.47. The molecule has 0 aliphatic rings. The summed E-state index contributed by atoms with van der Waals surface area (Å²) in [6.07, 6.45) is 0.722. The van der Waals surface area contributed by atoms with Crippen molar-refractivity contribution in [3.05, 3.63) is 16.1 Å². The lowest BCUT2D eigenvalue weighted by molar-refractivity contribution is 0.0881. The summed E-state index contributed by atoms with van der Waals surface area (Å²) in [5.41, 5.74) is 5.98. The predicted octanol–water partition coefficient (Wildman–Crippen LogP) is 1.35. The molecule has 114 valence electrons. The molecule has 0 aromatic carbocycles. The van der Waals surface area contributed by atoms with Gasteiger partial charge in [-0.05, 0) is 33.0 Å². The molecule has 1 atom stereocenters. The van der Waals surface area contributed by atoms with Crippen LogP contribution in [0.25, 0.3) is 0 Å². The Morgan fingerprint density at radius 2 is 2.20 bits per heavy atom. The number of hydrogen-bond donors (Lipinski definition) is 2. The highest BCUT2D eigenvalue weighted by atomic mass is 32.1. The average molecular weight is 298 g/mol. The summed E-state index contributed by atoms with van der Waals surface area (Å²) < 4.78 is 0. The number of thiazole rings is 1. The van der Waals surface area contributed by atoms with Gasteiger partial charge in [-0.1, -0.05) is 13.8 Å². The molecule has 0 fully saturated rings. The second-order valence-corrected chi connectivity index (χ2v) is 7.03. The zero-order valence-electron chi connectivity index (χ0n) is 13.1. The molecular weight excluding hydrogens is 272 g/mol. The molecule has 0 radical (unpaired) electrons. The topological polar surface area (TPSA) is 71.2 Å². The first-order chi connectivity index (χ1) is 9.26. The Hall–Kier alpha value is -0.980. The van der Waals surface area contributed by atoms with Gasteiger partial charge in [0.15, 0.2) is 0 Å². The molecule has 0 spiro atoms. The van der Waals surface area contributed by atoms with E-state index in [2.05, 4.69) is 29.0 Å². The van der Waals surface area contributed by atoms with Crippen molar-refractivity contribution < 1.29 is 4.79 Å². The van der Waals surface area contributed by atoms with E-state index in [1.807, 2.05) is 21.0 Å². The third-order valence-electron chi connectivity index (χ3n) is 3.39. The highest BCUT2D eigenvalue weighted by Gasteiger charge is 2.28. The maximum atomic E-state index is 12.2. The van der Waals surface area contributed by atoms with Gasteiger partial charge in [0.05, 0.1) is 5.01 Å². The molecule has 0 bridgehead atoms. The van der Waals surface area contributed by atoms with Gasteiger partial charge in [-0.3, -0.25) is 4.79 Å². The van der Waals surface area contributed by atoms with E-state index < -0.39 is 0 Å². The van der Waals surface area contributed by atoms with Crippen LogP contribution in [0.3, 0.4) is 0 Å². The van der Waals surface area contributed by atoms with E-state index in [1.54, 1.807) is 5.38 Å². The molecule has 1 rings (SSSR count). The lowest BCUT2D eigenvalue weighted by atomic mass is 9.85. The van der Waals surface area contributed by atoms with Crippen LogP contribution in [0, 0.1) is 5.41 Å². The Labute approximate surface area is 125 Å². The van der Waals surface area contributed by atoms with E-state index in [-0.39, 0.29) is 17.4 Å². The molecule has 0 aliphatic carbocycles. The molecule has 20 heavy (non-hydrogen) atoms. The van der Waals surface area contributed by atoms with Crippen LogP contribution in [0.1, 0.15) is 36.3 Å². The molecule has 1 unspecified atom stereocenters. The lowest BCUT2D eigenvalue weighted by Gasteiger charge is -2.34. The minimum atomic E-state index is -0.108. The minimum absolute atomic E-state index is 0.00469. The van der Waals surface area contributed by atoms with Crippen LogP contribution in [0.15, 0.2) is 5.38 Å². The first-order valence-corrected chi connectivity index (χ1v) is 7.74. The van der Waals surface area contributed by atoms with E-state index in [0.717, 1.165) is 18.0 Å². The average Bonchev–Trinajstić information content (AvgIpc) is 2.76. The molecule has 1 heterocycles. The van der Waals surface area contributed by atoms with Crippen molar-refractivity contribution in [1.82, 2.24) is 15.2 Å². The van der Waals surface area contributed by atoms with E-state index in [4.69, 9.17) is 5.73 Å². The number of nitrogens with zero attached hydrogens (tertiary/aromatic N) is 2. The number of nitrogens with one attached hydrogen (secondary N) is 1. The smallest absolute Gasteiger partial charge is 0.270 e. The molecule has 0 saturated heterocycles. The van der Waals surface area contributed by atoms with Crippen molar-refractivity contribution in [3.63, 3.8) is 0 Å². The molecule has 1 aromatic heterocycles. The summed E-state index contributed by atoms with van der Waals surface area (Å²) in [4.78, 5) is 18.6. The Morgan fingerprint density at radius 3 is 2.75 bits per heavy atom. The van der Waals surface area contributed by atoms with Crippen molar-refractivity contribution in [2.45, 2.75) is 33.2 Å². The van der Waals surface area contributed by atoms with Crippen LogP contribution in [0.5, 0.6) is 0 Å². The van der Waals surface area contributed by atoms with Crippen molar-refractivity contribution in [3.8, 4) is 0 Å². The maximum Gasteiger partial charge on any atom is 0.270 e. The van der Waals surface area contributed by atoms with Crippen LogP contribution < -0.4 is 11.1 Å². The molecule has 3 N–H and O–H groups in total.